The van der Waals surface area contributed by atoms with Crippen LogP contribution in [0.15, 0.2) is 29.7 Å². The maximum atomic E-state index is 12.4. The topological polar surface area (TPSA) is 59.8 Å². The van der Waals surface area contributed by atoms with Crippen molar-refractivity contribution in [1.29, 1.82) is 0 Å². The summed E-state index contributed by atoms with van der Waals surface area (Å²) in [5.41, 5.74) is 1.91. The van der Waals surface area contributed by atoms with Gasteiger partial charge in [-0.15, -0.1) is 10.2 Å². The van der Waals surface area contributed by atoms with E-state index < -0.39 is 0 Å². The highest BCUT2D eigenvalue weighted by molar-refractivity contribution is 8.00. The van der Waals surface area contributed by atoms with Gasteiger partial charge in [0.15, 0.2) is 5.16 Å². The third-order valence-electron chi connectivity index (χ3n) is 4.30. The van der Waals surface area contributed by atoms with Crippen molar-refractivity contribution >= 4 is 29.3 Å². The lowest BCUT2D eigenvalue weighted by atomic mass is 10.2. The minimum atomic E-state index is -0.227. The molecule has 1 heterocycles. The van der Waals surface area contributed by atoms with E-state index in [0.717, 1.165) is 24.1 Å². The molecule has 1 saturated carbocycles. The molecule has 7 heteroatoms. The van der Waals surface area contributed by atoms with Gasteiger partial charge in [0.25, 0.3) is 0 Å². The van der Waals surface area contributed by atoms with E-state index in [1.54, 1.807) is 6.33 Å². The Morgan fingerprint density at radius 2 is 2.17 bits per heavy atom. The molecule has 0 saturated heterocycles. The first kappa shape index (κ1) is 17.3. The van der Waals surface area contributed by atoms with Crippen LogP contribution in [0.4, 0.5) is 0 Å². The minimum Gasteiger partial charge on any atom is -0.352 e. The number of halogens is 1. The molecule has 2 aromatic rings. The van der Waals surface area contributed by atoms with Gasteiger partial charge < -0.3 is 5.32 Å². The summed E-state index contributed by atoms with van der Waals surface area (Å²) >= 11 is 7.62. The Labute approximate surface area is 151 Å². The van der Waals surface area contributed by atoms with Crippen LogP contribution in [-0.2, 0) is 4.79 Å². The Morgan fingerprint density at radius 3 is 2.88 bits per heavy atom. The lowest BCUT2D eigenvalue weighted by Crippen LogP contribution is -2.37. The van der Waals surface area contributed by atoms with Crippen molar-refractivity contribution in [3.8, 4) is 5.69 Å². The number of nitrogens with one attached hydrogen (secondary N) is 1. The average Bonchev–Trinajstić information content (AvgIpc) is 3.22. The zero-order valence-corrected chi connectivity index (χ0v) is 15.4. The normalized spacial score (nSPS) is 16.3. The summed E-state index contributed by atoms with van der Waals surface area (Å²) in [7, 11) is 0. The molecule has 0 aliphatic heterocycles. The Hall–Kier alpha value is -1.53. The molecular formula is C17H21ClN4OS. The van der Waals surface area contributed by atoms with Crippen molar-refractivity contribution in [3.63, 3.8) is 0 Å². The predicted molar refractivity (Wildman–Crippen MR) is 96.8 cm³/mol. The summed E-state index contributed by atoms with van der Waals surface area (Å²) in [6, 6.07) is 6.14. The van der Waals surface area contributed by atoms with Crippen LogP contribution in [0.1, 0.15) is 38.2 Å². The van der Waals surface area contributed by atoms with E-state index in [0.29, 0.717) is 16.2 Å². The fourth-order valence-electron chi connectivity index (χ4n) is 2.81. The fourth-order valence-corrected chi connectivity index (χ4v) is 3.84. The van der Waals surface area contributed by atoms with E-state index in [9.17, 15) is 4.79 Å². The highest BCUT2D eigenvalue weighted by Gasteiger charge is 2.23. The first-order chi connectivity index (χ1) is 11.5. The number of aromatic nitrogens is 3. The molecule has 3 rings (SSSR count). The Morgan fingerprint density at radius 1 is 1.42 bits per heavy atom. The van der Waals surface area contributed by atoms with Gasteiger partial charge >= 0.3 is 0 Å². The molecule has 24 heavy (non-hydrogen) atoms. The maximum Gasteiger partial charge on any atom is 0.233 e. The Bertz CT molecular complexity index is 727. The Kier molecular flexibility index (Phi) is 5.46. The summed E-state index contributed by atoms with van der Waals surface area (Å²) in [5.74, 6) is 0.0587. The first-order valence-corrected chi connectivity index (χ1v) is 9.44. The van der Waals surface area contributed by atoms with Crippen molar-refractivity contribution in [2.45, 2.75) is 56.0 Å². The second-order valence-electron chi connectivity index (χ2n) is 6.17. The number of hydrogen-bond acceptors (Lipinski definition) is 4. The first-order valence-electron chi connectivity index (χ1n) is 8.18. The van der Waals surface area contributed by atoms with Crippen molar-refractivity contribution < 1.29 is 4.79 Å². The van der Waals surface area contributed by atoms with Gasteiger partial charge in [0.05, 0.1) is 10.9 Å². The van der Waals surface area contributed by atoms with Gasteiger partial charge in [-0.1, -0.05) is 42.3 Å². The molecule has 0 spiro atoms. The van der Waals surface area contributed by atoms with Gasteiger partial charge in [-0.25, -0.2) is 0 Å². The minimum absolute atomic E-state index is 0.0587. The van der Waals surface area contributed by atoms with Crippen LogP contribution >= 0.6 is 23.4 Å². The number of hydrogen-bond donors (Lipinski definition) is 1. The Balaban J connectivity index is 1.70. The molecule has 1 unspecified atom stereocenters. The van der Waals surface area contributed by atoms with E-state index in [4.69, 9.17) is 11.6 Å². The molecule has 1 aliphatic rings. The quantitative estimate of drug-likeness (QED) is 0.820. The van der Waals surface area contributed by atoms with Crippen LogP contribution in [0.2, 0.25) is 5.02 Å². The smallest absolute Gasteiger partial charge is 0.233 e. The van der Waals surface area contributed by atoms with Crippen LogP contribution in [0.25, 0.3) is 5.69 Å². The molecule has 5 nitrogen and oxygen atoms in total. The zero-order chi connectivity index (χ0) is 17.1. The largest absolute Gasteiger partial charge is 0.352 e. The van der Waals surface area contributed by atoms with Gasteiger partial charge in [0, 0.05) is 11.1 Å². The van der Waals surface area contributed by atoms with Crippen molar-refractivity contribution in [2.24, 2.45) is 0 Å². The fraction of sp³-hybridized carbons (Fsp3) is 0.471. The van der Waals surface area contributed by atoms with Crippen molar-refractivity contribution in [2.75, 3.05) is 0 Å². The molecule has 128 valence electrons. The van der Waals surface area contributed by atoms with E-state index in [-0.39, 0.29) is 11.2 Å². The molecule has 0 radical (unpaired) electrons. The number of nitrogens with zero attached hydrogens (tertiary/aromatic N) is 3. The zero-order valence-electron chi connectivity index (χ0n) is 13.8. The lowest BCUT2D eigenvalue weighted by molar-refractivity contribution is -0.120. The van der Waals surface area contributed by atoms with Crippen LogP contribution in [0.3, 0.4) is 0 Å². The molecule has 1 aromatic carbocycles. The lowest BCUT2D eigenvalue weighted by Gasteiger charge is -2.16. The van der Waals surface area contributed by atoms with Gasteiger partial charge in [0.2, 0.25) is 5.91 Å². The number of rotatable bonds is 5. The summed E-state index contributed by atoms with van der Waals surface area (Å²) < 4.78 is 1.86. The number of benzene rings is 1. The standard InChI is InChI=1S/C17H21ClN4OS/c1-11-7-8-14(9-15(11)18)22-10-19-21-17(22)24-12(2)16(23)20-13-5-3-4-6-13/h7-10,12-13H,3-6H2,1-2H3,(H,20,23). The van der Waals surface area contributed by atoms with Crippen LogP contribution in [0, 0.1) is 6.92 Å². The van der Waals surface area contributed by atoms with Crippen LogP contribution in [-0.4, -0.2) is 32.0 Å². The summed E-state index contributed by atoms with van der Waals surface area (Å²) in [6.07, 6.45) is 6.22. The molecule has 1 fully saturated rings. The second-order valence-corrected chi connectivity index (χ2v) is 7.88. The monoisotopic (exact) mass is 364 g/mol. The second kappa shape index (κ2) is 7.57. The molecule has 1 atom stereocenters. The number of carbonyl (C=O) groups excluding carboxylic acids is 1. The molecule has 1 N–H and O–H groups in total. The highest BCUT2D eigenvalue weighted by atomic mass is 35.5. The highest BCUT2D eigenvalue weighted by Crippen LogP contribution is 2.27. The van der Waals surface area contributed by atoms with Gasteiger partial charge in [-0.2, -0.15) is 0 Å². The average molecular weight is 365 g/mol. The summed E-state index contributed by atoms with van der Waals surface area (Å²) in [6.45, 7) is 3.86. The van der Waals surface area contributed by atoms with Gasteiger partial charge in [-0.05, 0) is 44.4 Å². The number of carbonyl (C=O) groups is 1. The van der Waals surface area contributed by atoms with Crippen molar-refractivity contribution in [1.82, 2.24) is 20.1 Å². The van der Waals surface area contributed by atoms with E-state index in [1.807, 2.05) is 36.6 Å². The van der Waals surface area contributed by atoms with Crippen LogP contribution < -0.4 is 5.32 Å². The number of amides is 1. The van der Waals surface area contributed by atoms with E-state index >= 15 is 0 Å². The summed E-state index contributed by atoms with van der Waals surface area (Å²) in [5, 5.41) is 12.4. The summed E-state index contributed by atoms with van der Waals surface area (Å²) in [4.78, 5) is 12.4. The maximum absolute atomic E-state index is 12.4. The molecule has 0 bridgehead atoms. The van der Waals surface area contributed by atoms with Gasteiger partial charge in [-0.3, -0.25) is 9.36 Å². The van der Waals surface area contributed by atoms with Crippen molar-refractivity contribution in [3.05, 3.63) is 35.1 Å². The molecule has 1 aliphatic carbocycles. The van der Waals surface area contributed by atoms with E-state index in [2.05, 4.69) is 15.5 Å². The third-order valence-corrected chi connectivity index (χ3v) is 5.77. The number of aryl methyl sites for hydroxylation is 1. The molecule has 1 amide bonds. The van der Waals surface area contributed by atoms with Crippen LogP contribution in [0.5, 0.6) is 0 Å². The predicted octanol–water partition coefficient (Wildman–Crippen LogP) is 3.77. The number of thioether (sulfide) groups is 1. The van der Waals surface area contributed by atoms with E-state index in [1.165, 1.54) is 24.6 Å². The SMILES string of the molecule is Cc1ccc(-n2cnnc2SC(C)C(=O)NC2CCCC2)cc1Cl. The van der Waals surface area contributed by atoms with Gasteiger partial charge in [0.1, 0.15) is 6.33 Å². The third kappa shape index (κ3) is 3.92. The molecular weight excluding hydrogens is 344 g/mol. The molecule has 1 aromatic heterocycles.